The number of carbonyl (C=O) groups is 1. The Labute approximate surface area is 104 Å². The third-order valence-electron chi connectivity index (χ3n) is 3.52. The molecule has 1 aliphatic carbocycles. The summed E-state index contributed by atoms with van der Waals surface area (Å²) in [5.41, 5.74) is 0. The van der Waals surface area contributed by atoms with Gasteiger partial charge < -0.3 is 4.74 Å². The highest BCUT2D eigenvalue weighted by Crippen LogP contribution is 2.44. The monoisotopic (exact) mass is 253 g/mol. The average Bonchev–Trinajstić information content (AvgIpc) is 2.95. The molecule has 18 heavy (non-hydrogen) atoms. The smallest absolute Gasteiger partial charge is 0.378 e. The molecule has 0 N–H and O–H groups in total. The third-order valence-corrected chi connectivity index (χ3v) is 3.52. The highest BCUT2D eigenvalue weighted by molar-refractivity contribution is 5.85. The van der Waals surface area contributed by atoms with Crippen molar-refractivity contribution in [3.05, 3.63) is 11.6 Å². The van der Waals surface area contributed by atoms with Crippen LogP contribution in [0.1, 0.15) is 61.3 Å². The van der Waals surface area contributed by atoms with Gasteiger partial charge in [-0.25, -0.2) is 18.9 Å². The molecule has 3 rings (SSSR count). The molecular formula is C12H16FN3O2. The van der Waals surface area contributed by atoms with Crippen molar-refractivity contribution in [3.8, 4) is 0 Å². The molecule has 1 aromatic heterocycles. The minimum atomic E-state index is -1.11. The van der Waals surface area contributed by atoms with Crippen molar-refractivity contribution in [3.63, 3.8) is 0 Å². The molecule has 0 amide bonds. The lowest BCUT2D eigenvalue weighted by molar-refractivity contribution is 0.0511. The molecule has 0 saturated heterocycles. The second kappa shape index (κ2) is 4.33. The van der Waals surface area contributed by atoms with E-state index in [-0.39, 0.29) is 24.3 Å². The van der Waals surface area contributed by atoms with E-state index in [1.165, 1.54) is 12.8 Å². The molecule has 6 heteroatoms. The largest absolute Gasteiger partial charge is 0.460 e. The van der Waals surface area contributed by atoms with Crippen molar-refractivity contribution in [1.29, 1.82) is 0 Å². The number of rotatable bonds is 4. The van der Waals surface area contributed by atoms with Gasteiger partial charge in [-0.3, -0.25) is 0 Å². The highest BCUT2D eigenvalue weighted by Gasteiger charge is 2.38. The maximum Gasteiger partial charge on any atom is 0.378 e. The summed E-state index contributed by atoms with van der Waals surface area (Å²) in [6.07, 6.45) is 2.72. The topological polar surface area (TPSA) is 57.0 Å². The van der Waals surface area contributed by atoms with E-state index in [4.69, 9.17) is 4.74 Å². The molecule has 0 unspecified atom stereocenters. The van der Waals surface area contributed by atoms with Gasteiger partial charge in [0.05, 0.1) is 12.6 Å². The van der Waals surface area contributed by atoms with Gasteiger partial charge >= 0.3 is 5.97 Å². The van der Waals surface area contributed by atoms with E-state index in [9.17, 15) is 9.18 Å². The van der Waals surface area contributed by atoms with Crippen molar-refractivity contribution in [1.82, 2.24) is 14.8 Å². The number of esters is 1. The molecule has 2 atom stereocenters. The fourth-order valence-electron chi connectivity index (χ4n) is 2.48. The first-order valence-corrected chi connectivity index (χ1v) is 6.46. The number of carbonyl (C=O) groups excluding carboxylic acids is 1. The average molecular weight is 253 g/mol. The number of halogens is 1. The number of ether oxygens (including phenoxy) is 1. The van der Waals surface area contributed by atoms with Gasteiger partial charge in [0, 0.05) is 6.42 Å². The first kappa shape index (κ1) is 11.6. The standard InChI is InChI=1S/C12H16FN3O2/c1-2-18-12(17)10-14-11-9(13)6-8(16(11)15-10)5-7-3-4-7/h7-9H,2-6H2,1H3/t8-,9-/m1/s1. The van der Waals surface area contributed by atoms with Gasteiger partial charge in [0.25, 0.3) is 5.82 Å². The van der Waals surface area contributed by atoms with Crippen LogP contribution in [-0.4, -0.2) is 27.3 Å². The molecular weight excluding hydrogens is 237 g/mol. The summed E-state index contributed by atoms with van der Waals surface area (Å²) in [6, 6.07) is 0.0539. The van der Waals surface area contributed by atoms with E-state index >= 15 is 0 Å². The minimum absolute atomic E-state index is 0.0185. The fourth-order valence-corrected chi connectivity index (χ4v) is 2.48. The minimum Gasteiger partial charge on any atom is -0.460 e. The predicted octanol–water partition coefficient (Wildman–Crippen LogP) is 2.21. The molecule has 0 aromatic carbocycles. The number of hydrogen-bond acceptors (Lipinski definition) is 4. The summed E-state index contributed by atoms with van der Waals surface area (Å²) in [4.78, 5) is 15.5. The van der Waals surface area contributed by atoms with Gasteiger partial charge in [0.1, 0.15) is 0 Å². The maximum atomic E-state index is 13.8. The van der Waals surface area contributed by atoms with Gasteiger partial charge in [0.15, 0.2) is 12.0 Å². The SMILES string of the molecule is CCOC(=O)c1nc2n(n1)[C@H](CC1CC1)C[C@H]2F. The molecule has 2 heterocycles. The Bertz CT molecular complexity index is 470. The molecule has 0 spiro atoms. The Morgan fingerprint density at radius 2 is 2.33 bits per heavy atom. The Hall–Kier alpha value is -1.46. The lowest BCUT2D eigenvalue weighted by Gasteiger charge is -2.09. The van der Waals surface area contributed by atoms with E-state index < -0.39 is 12.1 Å². The zero-order valence-electron chi connectivity index (χ0n) is 10.3. The molecule has 98 valence electrons. The zero-order valence-corrected chi connectivity index (χ0v) is 10.3. The van der Waals surface area contributed by atoms with Crippen LogP contribution in [0.25, 0.3) is 0 Å². The molecule has 1 fully saturated rings. The first-order chi connectivity index (χ1) is 8.69. The molecule has 2 aliphatic rings. The molecule has 1 saturated carbocycles. The van der Waals surface area contributed by atoms with Crippen molar-refractivity contribution in [2.45, 2.75) is 44.8 Å². The molecule has 5 nitrogen and oxygen atoms in total. The molecule has 1 aliphatic heterocycles. The maximum absolute atomic E-state index is 13.8. The van der Waals surface area contributed by atoms with Crippen molar-refractivity contribution < 1.29 is 13.9 Å². The Balaban J connectivity index is 1.81. The van der Waals surface area contributed by atoms with Crippen LogP contribution < -0.4 is 0 Å². The summed E-state index contributed by atoms with van der Waals surface area (Å²) in [6.45, 7) is 1.99. The van der Waals surface area contributed by atoms with Gasteiger partial charge in [-0.05, 0) is 19.3 Å². The Morgan fingerprint density at radius 3 is 3.00 bits per heavy atom. The van der Waals surface area contributed by atoms with Gasteiger partial charge in [-0.1, -0.05) is 12.8 Å². The lowest BCUT2D eigenvalue weighted by atomic mass is 10.1. The number of nitrogens with zero attached hydrogens (tertiary/aromatic N) is 3. The van der Waals surface area contributed by atoms with E-state index in [1.54, 1.807) is 11.6 Å². The quantitative estimate of drug-likeness (QED) is 0.772. The number of fused-ring (bicyclic) bond motifs is 1. The van der Waals surface area contributed by atoms with Crippen LogP contribution >= 0.6 is 0 Å². The van der Waals surface area contributed by atoms with Crippen LogP contribution in [0.2, 0.25) is 0 Å². The number of alkyl halides is 1. The summed E-state index contributed by atoms with van der Waals surface area (Å²) < 4.78 is 20.2. The predicted molar refractivity (Wildman–Crippen MR) is 60.8 cm³/mol. The van der Waals surface area contributed by atoms with E-state index in [0.29, 0.717) is 12.3 Å². The van der Waals surface area contributed by atoms with Gasteiger partial charge in [-0.2, -0.15) is 0 Å². The zero-order chi connectivity index (χ0) is 12.7. The highest BCUT2D eigenvalue weighted by atomic mass is 19.1. The van der Waals surface area contributed by atoms with E-state index in [0.717, 1.165) is 6.42 Å². The van der Waals surface area contributed by atoms with Gasteiger partial charge in [0.2, 0.25) is 0 Å². The summed E-state index contributed by atoms with van der Waals surface area (Å²) in [5, 5.41) is 4.11. The molecule has 0 bridgehead atoms. The fraction of sp³-hybridized carbons (Fsp3) is 0.750. The second-order valence-corrected chi connectivity index (χ2v) is 4.99. The molecule has 1 aromatic rings. The normalized spacial score (nSPS) is 26.1. The second-order valence-electron chi connectivity index (χ2n) is 4.99. The van der Waals surface area contributed by atoms with Gasteiger partial charge in [-0.15, -0.1) is 5.10 Å². The number of hydrogen-bond donors (Lipinski definition) is 0. The van der Waals surface area contributed by atoms with Crippen LogP contribution in [0.3, 0.4) is 0 Å². The van der Waals surface area contributed by atoms with Crippen LogP contribution in [0, 0.1) is 5.92 Å². The Morgan fingerprint density at radius 1 is 1.56 bits per heavy atom. The van der Waals surface area contributed by atoms with Crippen LogP contribution in [0.15, 0.2) is 0 Å². The lowest BCUT2D eigenvalue weighted by Crippen LogP contribution is -2.11. The van der Waals surface area contributed by atoms with Crippen LogP contribution in [0.5, 0.6) is 0 Å². The number of aromatic nitrogens is 3. The molecule has 0 radical (unpaired) electrons. The summed E-state index contributed by atoms with van der Waals surface area (Å²) in [7, 11) is 0. The van der Waals surface area contributed by atoms with Crippen molar-refractivity contribution >= 4 is 5.97 Å². The first-order valence-electron chi connectivity index (χ1n) is 6.46. The summed E-state index contributed by atoms with van der Waals surface area (Å²) >= 11 is 0. The van der Waals surface area contributed by atoms with Crippen molar-refractivity contribution in [2.75, 3.05) is 6.61 Å². The third kappa shape index (κ3) is 2.00. The van der Waals surface area contributed by atoms with E-state index in [1.807, 2.05) is 0 Å². The van der Waals surface area contributed by atoms with E-state index in [2.05, 4.69) is 10.1 Å². The van der Waals surface area contributed by atoms with Crippen LogP contribution in [0.4, 0.5) is 4.39 Å². The Kier molecular flexibility index (Phi) is 2.80. The summed E-state index contributed by atoms with van der Waals surface area (Å²) in [5.74, 6) is 0.388. The van der Waals surface area contributed by atoms with Crippen molar-refractivity contribution in [2.24, 2.45) is 5.92 Å². The van der Waals surface area contributed by atoms with Crippen LogP contribution in [-0.2, 0) is 4.74 Å².